The summed E-state index contributed by atoms with van der Waals surface area (Å²) in [6.07, 6.45) is 6.94. The molecule has 1 nitrogen and oxygen atoms in total. The second-order valence-electron chi connectivity index (χ2n) is 3.63. The number of benzene rings is 1. The standard InChI is InChI=1S/C13H15BrFN/c1-3-5-12(4-2)16-9-10-8-11(15)6-7-13(10)14/h1,6-8,12,16H,4-5,9H2,2H3. The highest BCUT2D eigenvalue weighted by atomic mass is 79.9. The molecule has 1 aromatic rings. The van der Waals surface area contributed by atoms with Gasteiger partial charge in [0.05, 0.1) is 0 Å². The van der Waals surface area contributed by atoms with E-state index in [0.717, 1.165) is 16.5 Å². The molecule has 1 atom stereocenters. The Morgan fingerprint density at radius 3 is 2.94 bits per heavy atom. The van der Waals surface area contributed by atoms with Crippen LogP contribution in [0.4, 0.5) is 4.39 Å². The van der Waals surface area contributed by atoms with Crippen LogP contribution in [0.25, 0.3) is 0 Å². The Bertz CT molecular complexity index is 384. The van der Waals surface area contributed by atoms with Gasteiger partial charge in [0.25, 0.3) is 0 Å². The molecule has 0 spiro atoms. The molecular weight excluding hydrogens is 269 g/mol. The van der Waals surface area contributed by atoms with Gasteiger partial charge >= 0.3 is 0 Å². The van der Waals surface area contributed by atoms with Gasteiger partial charge in [-0.25, -0.2) is 4.39 Å². The van der Waals surface area contributed by atoms with Crippen LogP contribution < -0.4 is 5.32 Å². The molecule has 0 aliphatic carbocycles. The number of terminal acetylenes is 1. The van der Waals surface area contributed by atoms with Crippen LogP contribution in [0, 0.1) is 18.2 Å². The zero-order valence-electron chi connectivity index (χ0n) is 9.26. The van der Waals surface area contributed by atoms with Crippen LogP contribution in [0.15, 0.2) is 22.7 Å². The molecule has 1 N–H and O–H groups in total. The topological polar surface area (TPSA) is 12.0 Å². The van der Waals surface area contributed by atoms with Crippen LogP contribution >= 0.6 is 15.9 Å². The summed E-state index contributed by atoms with van der Waals surface area (Å²) < 4.78 is 13.9. The fraction of sp³-hybridized carbons (Fsp3) is 0.385. The lowest BCUT2D eigenvalue weighted by Gasteiger charge is -2.14. The minimum Gasteiger partial charge on any atom is -0.309 e. The lowest BCUT2D eigenvalue weighted by atomic mass is 10.1. The van der Waals surface area contributed by atoms with Crippen molar-refractivity contribution in [3.63, 3.8) is 0 Å². The Morgan fingerprint density at radius 1 is 1.56 bits per heavy atom. The molecule has 0 radical (unpaired) electrons. The third-order valence-corrected chi connectivity index (χ3v) is 3.22. The maximum absolute atomic E-state index is 13.0. The van der Waals surface area contributed by atoms with E-state index in [4.69, 9.17) is 6.42 Å². The Morgan fingerprint density at radius 2 is 2.31 bits per heavy atom. The summed E-state index contributed by atoms with van der Waals surface area (Å²) in [6.45, 7) is 2.70. The fourth-order valence-electron chi connectivity index (χ4n) is 1.44. The molecule has 3 heteroatoms. The highest BCUT2D eigenvalue weighted by Gasteiger charge is 2.06. The monoisotopic (exact) mass is 283 g/mol. The van der Waals surface area contributed by atoms with Gasteiger partial charge in [0.1, 0.15) is 5.82 Å². The lowest BCUT2D eigenvalue weighted by Crippen LogP contribution is -2.27. The normalized spacial score (nSPS) is 12.1. The largest absolute Gasteiger partial charge is 0.309 e. The lowest BCUT2D eigenvalue weighted by molar-refractivity contribution is 0.504. The zero-order valence-corrected chi connectivity index (χ0v) is 10.8. The fourth-order valence-corrected chi connectivity index (χ4v) is 1.82. The Kier molecular flexibility index (Phi) is 5.51. The molecule has 0 aliphatic heterocycles. The van der Waals surface area contributed by atoms with Gasteiger partial charge < -0.3 is 5.32 Å². The number of hydrogen-bond donors (Lipinski definition) is 1. The Balaban J connectivity index is 2.60. The molecule has 0 saturated carbocycles. The highest BCUT2D eigenvalue weighted by Crippen LogP contribution is 2.17. The Hall–Kier alpha value is -0.850. The third kappa shape index (κ3) is 3.96. The molecule has 0 aromatic heterocycles. The molecule has 1 unspecified atom stereocenters. The van der Waals surface area contributed by atoms with E-state index in [1.54, 1.807) is 6.07 Å². The van der Waals surface area contributed by atoms with E-state index < -0.39 is 0 Å². The van der Waals surface area contributed by atoms with Gasteiger partial charge in [-0.2, -0.15) is 0 Å². The van der Waals surface area contributed by atoms with E-state index in [2.05, 4.69) is 34.1 Å². The van der Waals surface area contributed by atoms with Gasteiger partial charge in [0.2, 0.25) is 0 Å². The molecule has 0 heterocycles. The SMILES string of the molecule is C#CCC(CC)NCc1cc(F)ccc1Br. The summed E-state index contributed by atoms with van der Waals surface area (Å²) in [5, 5.41) is 3.32. The van der Waals surface area contributed by atoms with Gasteiger partial charge in [-0.3, -0.25) is 0 Å². The first-order chi connectivity index (χ1) is 7.67. The number of rotatable bonds is 5. The predicted octanol–water partition coefficient (Wildman–Crippen LogP) is 3.48. The van der Waals surface area contributed by atoms with Gasteiger partial charge in [-0.05, 0) is 30.2 Å². The first-order valence-electron chi connectivity index (χ1n) is 5.28. The molecular formula is C13H15BrFN. The summed E-state index contributed by atoms with van der Waals surface area (Å²) in [5.41, 5.74) is 0.912. The maximum Gasteiger partial charge on any atom is 0.123 e. The summed E-state index contributed by atoms with van der Waals surface area (Å²) in [5.74, 6) is 2.42. The summed E-state index contributed by atoms with van der Waals surface area (Å²) in [4.78, 5) is 0. The van der Waals surface area contributed by atoms with E-state index in [0.29, 0.717) is 19.0 Å². The predicted molar refractivity (Wildman–Crippen MR) is 68.5 cm³/mol. The number of nitrogens with one attached hydrogen (secondary N) is 1. The smallest absolute Gasteiger partial charge is 0.123 e. The van der Waals surface area contributed by atoms with Crippen LogP contribution in [0.3, 0.4) is 0 Å². The van der Waals surface area contributed by atoms with Gasteiger partial charge in [0, 0.05) is 23.5 Å². The molecule has 1 aromatic carbocycles. The average Bonchev–Trinajstić information content (AvgIpc) is 2.28. The summed E-state index contributed by atoms with van der Waals surface area (Å²) in [7, 11) is 0. The van der Waals surface area contributed by atoms with Crippen molar-refractivity contribution in [3.05, 3.63) is 34.1 Å². The summed E-state index contributed by atoms with van der Waals surface area (Å²) >= 11 is 3.39. The summed E-state index contributed by atoms with van der Waals surface area (Å²) in [6, 6.07) is 4.97. The molecule has 86 valence electrons. The molecule has 0 amide bonds. The van der Waals surface area contributed by atoms with E-state index in [1.165, 1.54) is 12.1 Å². The molecule has 1 rings (SSSR count). The molecule has 0 bridgehead atoms. The van der Waals surface area contributed by atoms with Gasteiger partial charge in [-0.1, -0.05) is 22.9 Å². The Labute approximate surface area is 105 Å². The van der Waals surface area contributed by atoms with Gasteiger partial charge in [0.15, 0.2) is 0 Å². The third-order valence-electron chi connectivity index (χ3n) is 2.45. The van der Waals surface area contributed by atoms with Crippen molar-refractivity contribution in [2.75, 3.05) is 0 Å². The number of hydrogen-bond acceptors (Lipinski definition) is 1. The zero-order chi connectivity index (χ0) is 12.0. The number of halogens is 2. The van der Waals surface area contributed by atoms with Crippen molar-refractivity contribution in [2.24, 2.45) is 0 Å². The molecule has 0 aliphatic rings. The van der Waals surface area contributed by atoms with Crippen molar-refractivity contribution in [3.8, 4) is 12.3 Å². The van der Waals surface area contributed by atoms with Crippen molar-refractivity contribution >= 4 is 15.9 Å². The van der Waals surface area contributed by atoms with Crippen LogP contribution in [-0.2, 0) is 6.54 Å². The van der Waals surface area contributed by atoms with Crippen LogP contribution in [-0.4, -0.2) is 6.04 Å². The van der Waals surface area contributed by atoms with E-state index in [-0.39, 0.29) is 5.82 Å². The van der Waals surface area contributed by atoms with Crippen LogP contribution in [0.2, 0.25) is 0 Å². The van der Waals surface area contributed by atoms with Crippen molar-refractivity contribution < 1.29 is 4.39 Å². The van der Waals surface area contributed by atoms with E-state index >= 15 is 0 Å². The second kappa shape index (κ2) is 6.67. The maximum atomic E-state index is 13.0. The average molecular weight is 284 g/mol. The quantitative estimate of drug-likeness (QED) is 0.816. The van der Waals surface area contributed by atoms with E-state index in [9.17, 15) is 4.39 Å². The minimum atomic E-state index is -0.218. The van der Waals surface area contributed by atoms with Crippen LogP contribution in [0.1, 0.15) is 25.3 Å². The molecule has 0 saturated heterocycles. The first-order valence-corrected chi connectivity index (χ1v) is 6.07. The van der Waals surface area contributed by atoms with Crippen LogP contribution in [0.5, 0.6) is 0 Å². The van der Waals surface area contributed by atoms with Gasteiger partial charge in [-0.15, -0.1) is 12.3 Å². The second-order valence-corrected chi connectivity index (χ2v) is 4.48. The van der Waals surface area contributed by atoms with E-state index in [1.807, 2.05) is 0 Å². The highest BCUT2D eigenvalue weighted by molar-refractivity contribution is 9.10. The van der Waals surface area contributed by atoms with Crippen molar-refractivity contribution in [1.82, 2.24) is 5.32 Å². The molecule has 16 heavy (non-hydrogen) atoms. The molecule has 0 fully saturated rings. The van der Waals surface area contributed by atoms with Crippen molar-refractivity contribution in [1.29, 1.82) is 0 Å². The van der Waals surface area contributed by atoms with Crippen molar-refractivity contribution in [2.45, 2.75) is 32.4 Å². The first kappa shape index (κ1) is 13.2. The minimum absolute atomic E-state index is 0.218.